The fourth-order valence-corrected chi connectivity index (χ4v) is 3.04. The van der Waals surface area contributed by atoms with Crippen LogP contribution < -0.4 is 10.2 Å². The van der Waals surface area contributed by atoms with Gasteiger partial charge in [-0.2, -0.15) is 0 Å². The second-order valence-electron chi connectivity index (χ2n) is 6.33. The fraction of sp³-hybridized carbons (Fsp3) is 0.316. The summed E-state index contributed by atoms with van der Waals surface area (Å²) < 4.78 is 5.52. The molecule has 26 heavy (non-hydrogen) atoms. The molecule has 1 N–H and O–H groups in total. The average molecular weight is 355 g/mol. The summed E-state index contributed by atoms with van der Waals surface area (Å²) in [6.07, 6.45) is 0. The normalized spacial score (nSPS) is 19.6. The van der Waals surface area contributed by atoms with E-state index < -0.39 is 17.5 Å². The first kappa shape index (κ1) is 17.7. The smallest absolute Gasteiger partial charge is 0.325 e. The maximum atomic E-state index is 12.8. The Hall–Kier alpha value is -3.09. The lowest BCUT2D eigenvalue weighted by Crippen LogP contribution is -2.44. The summed E-state index contributed by atoms with van der Waals surface area (Å²) >= 11 is 0. The lowest BCUT2D eigenvalue weighted by Gasteiger charge is -2.24. The highest BCUT2D eigenvalue weighted by atomic mass is 16.3. The van der Waals surface area contributed by atoms with Crippen molar-refractivity contribution in [2.24, 2.45) is 0 Å². The van der Waals surface area contributed by atoms with Gasteiger partial charge in [0.2, 0.25) is 5.91 Å². The summed E-state index contributed by atoms with van der Waals surface area (Å²) in [5.41, 5.74) is -0.591. The molecule has 0 saturated carbocycles. The number of carbonyl (C=O) groups excluding carboxylic acids is 3. The zero-order valence-electron chi connectivity index (χ0n) is 15.0. The Kier molecular flexibility index (Phi) is 4.54. The van der Waals surface area contributed by atoms with Gasteiger partial charge in [-0.25, -0.2) is 4.79 Å². The Morgan fingerprint density at radius 2 is 1.88 bits per heavy atom. The van der Waals surface area contributed by atoms with Gasteiger partial charge in [0.25, 0.3) is 5.91 Å². The molecule has 2 heterocycles. The number of amides is 4. The molecule has 0 bridgehead atoms. The van der Waals surface area contributed by atoms with Gasteiger partial charge in [-0.05, 0) is 45.0 Å². The summed E-state index contributed by atoms with van der Waals surface area (Å²) in [6.45, 7) is 5.27. The molecule has 1 aliphatic rings. The van der Waals surface area contributed by atoms with Crippen molar-refractivity contribution in [3.8, 4) is 0 Å². The van der Waals surface area contributed by atoms with E-state index in [0.717, 1.165) is 10.6 Å². The molecule has 2 aromatic rings. The van der Waals surface area contributed by atoms with Crippen LogP contribution in [0.4, 0.5) is 10.5 Å². The monoisotopic (exact) mass is 355 g/mol. The van der Waals surface area contributed by atoms with Crippen LogP contribution in [0, 0.1) is 6.92 Å². The molecule has 0 unspecified atom stereocenters. The molecule has 136 valence electrons. The molecule has 1 atom stereocenters. The lowest BCUT2D eigenvalue weighted by molar-refractivity contribution is -0.134. The van der Waals surface area contributed by atoms with Crippen LogP contribution in [0.15, 0.2) is 46.9 Å². The Balaban J connectivity index is 1.80. The van der Waals surface area contributed by atoms with Crippen molar-refractivity contribution < 1.29 is 18.8 Å². The molecule has 3 rings (SSSR count). The van der Waals surface area contributed by atoms with Crippen LogP contribution >= 0.6 is 0 Å². The third-order valence-electron chi connectivity index (χ3n) is 4.49. The van der Waals surface area contributed by atoms with Gasteiger partial charge in [0.05, 0.1) is 0 Å². The zero-order valence-corrected chi connectivity index (χ0v) is 15.0. The molecule has 1 aliphatic heterocycles. The van der Waals surface area contributed by atoms with E-state index in [1.165, 1.54) is 4.90 Å². The van der Waals surface area contributed by atoms with Crippen molar-refractivity contribution in [1.82, 2.24) is 10.2 Å². The number of urea groups is 1. The Morgan fingerprint density at radius 3 is 2.46 bits per heavy atom. The molecule has 7 nitrogen and oxygen atoms in total. The first-order valence-electron chi connectivity index (χ1n) is 8.43. The van der Waals surface area contributed by atoms with Crippen molar-refractivity contribution in [3.63, 3.8) is 0 Å². The van der Waals surface area contributed by atoms with Gasteiger partial charge in [-0.3, -0.25) is 14.5 Å². The predicted octanol–water partition coefficient (Wildman–Crippen LogP) is 2.41. The van der Waals surface area contributed by atoms with Crippen LogP contribution in [0.5, 0.6) is 0 Å². The van der Waals surface area contributed by atoms with Gasteiger partial charge in [-0.1, -0.05) is 18.2 Å². The number of anilines is 1. The minimum atomic E-state index is -1.31. The molecule has 0 spiro atoms. The summed E-state index contributed by atoms with van der Waals surface area (Å²) in [7, 11) is 0. The molecule has 1 fully saturated rings. The molecule has 0 radical (unpaired) electrons. The number of carbonyl (C=O) groups is 3. The maximum Gasteiger partial charge on any atom is 0.325 e. The van der Waals surface area contributed by atoms with Crippen LogP contribution in [0.3, 0.4) is 0 Å². The Bertz CT molecular complexity index is 845. The predicted molar refractivity (Wildman–Crippen MR) is 95.5 cm³/mol. The number of hydrogen-bond acceptors (Lipinski definition) is 4. The van der Waals surface area contributed by atoms with Crippen LogP contribution in [-0.4, -0.2) is 35.8 Å². The molecular formula is C19H21N3O4. The van der Waals surface area contributed by atoms with Crippen LogP contribution in [0.1, 0.15) is 25.4 Å². The molecule has 4 amide bonds. The van der Waals surface area contributed by atoms with E-state index in [-0.39, 0.29) is 12.5 Å². The van der Waals surface area contributed by atoms with Crippen LogP contribution in [0.25, 0.3) is 0 Å². The van der Waals surface area contributed by atoms with E-state index >= 15 is 0 Å². The molecular weight excluding hydrogens is 334 g/mol. The second-order valence-corrected chi connectivity index (χ2v) is 6.33. The summed E-state index contributed by atoms with van der Waals surface area (Å²) in [5, 5.41) is 2.63. The minimum absolute atomic E-state index is 0.331. The molecule has 7 heteroatoms. The number of nitrogens with one attached hydrogen (secondary N) is 1. The number of imide groups is 1. The number of rotatable bonds is 5. The SMILES string of the molecule is CCN(C(=O)CN1C(=O)N[C@@](C)(c2ccc(C)o2)C1=O)c1ccccc1. The van der Waals surface area contributed by atoms with Gasteiger partial charge >= 0.3 is 6.03 Å². The standard InChI is InChI=1S/C19H21N3O4/c1-4-21(14-8-6-5-7-9-14)16(23)12-22-17(24)19(3,20-18(22)25)15-11-10-13(2)26-15/h5-11H,4,12H2,1-3H3,(H,20,25)/t19-/m0/s1. The Labute approximate surface area is 151 Å². The van der Waals surface area contributed by atoms with E-state index in [4.69, 9.17) is 4.42 Å². The largest absolute Gasteiger partial charge is 0.463 e. The van der Waals surface area contributed by atoms with E-state index in [1.54, 1.807) is 26.0 Å². The van der Waals surface area contributed by atoms with E-state index in [2.05, 4.69) is 5.32 Å². The van der Waals surface area contributed by atoms with Gasteiger partial charge in [0, 0.05) is 12.2 Å². The van der Waals surface area contributed by atoms with Gasteiger partial charge < -0.3 is 14.6 Å². The Morgan fingerprint density at radius 1 is 1.19 bits per heavy atom. The van der Waals surface area contributed by atoms with Crippen molar-refractivity contribution in [1.29, 1.82) is 0 Å². The quantitative estimate of drug-likeness (QED) is 0.835. The van der Waals surface area contributed by atoms with E-state index in [1.807, 2.05) is 37.3 Å². The van der Waals surface area contributed by atoms with Crippen LogP contribution in [-0.2, 0) is 15.1 Å². The fourth-order valence-electron chi connectivity index (χ4n) is 3.04. The summed E-state index contributed by atoms with van der Waals surface area (Å²) in [6, 6.07) is 11.9. The molecule has 1 aromatic carbocycles. The third kappa shape index (κ3) is 2.96. The van der Waals surface area contributed by atoms with E-state index in [9.17, 15) is 14.4 Å². The summed E-state index contributed by atoms with van der Waals surface area (Å²) in [5.74, 6) is 0.147. The number of benzene rings is 1. The topological polar surface area (TPSA) is 82.9 Å². The van der Waals surface area contributed by atoms with Crippen LogP contribution in [0.2, 0.25) is 0 Å². The first-order chi connectivity index (χ1) is 12.4. The molecule has 1 aromatic heterocycles. The molecule has 1 saturated heterocycles. The highest BCUT2D eigenvalue weighted by Crippen LogP contribution is 2.30. The number of likely N-dealkylation sites (N-methyl/N-ethyl adjacent to an activating group) is 1. The van der Waals surface area contributed by atoms with Gasteiger partial charge in [0.1, 0.15) is 18.1 Å². The second kappa shape index (κ2) is 6.67. The average Bonchev–Trinajstić information content (AvgIpc) is 3.15. The highest BCUT2D eigenvalue weighted by molar-refractivity contribution is 6.10. The number of hydrogen-bond donors (Lipinski definition) is 1. The van der Waals surface area contributed by atoms with Gasteiger partial charge in [-0.15, -0.1) is 0 Å². The van der Waals surface area contributed by atoms with Crippen molar-refractivity contribution in [2.75, 3.05) is 18.0 Å². The number of nitrogens with zero attached hydrogens (tertiary/aromatic N) is 2. The van der Waals surface area contributed by atoms with Crippen molar-refractivity contribution in [2.45, 2.75) is 26.3 Å². The third-order valence-corrected chi connectivity index (χ3v) is 4.49. The highest BCUT2D eigenvalue weighted by Gasteiger charge is 2.51. The maximum absolute atomic E-state index is 12.8. The first-order valence-corrected chi connectivity index (χ1v) is 8.43. The zero-order chi connectivity index (χ0) is 18.9. The molecule has 0 aliphatic carbocycles. The van der Waals surface area contributed by atoms with Crippen molar-refractivity contribution in [3.05, 3.63) is 54.0 Å². The minimum Gasteiger partial charge on any atom is -0.463 e. The lowest BCUT2D eigenvalue weighted by atomic mass is 9.99. The number of furan rings is 1. The van der Waals surface area contributed by atoms with E-state index in [0.29, 0.717) is 18.1 Å². The summed E-state index contributed by atoms with van der Waals surface area (Å²) in [4.78, 5) is 40.4. The number of aryl methyl sites for hydroxylation is 1. The number of para-hydroxylation sites is 1. The van der Waals surface area contributed by atoms with Gasteiger partial charge in [0.15, 0.2) is 5.54 Å². The van der Waals surface area contributed by atoms with Crippen molar-refractivity contribution >= 4 is 23.5 Å².